The van der Waals surface area contributed by atoms with E-state index in [1.807, 2.05) is 36.4 Å². The smallest absolute Gasteiger partial charge is 0.142 e. The Morgan fingerprint density at radius 3 is 2.92 bits per heavy atom. The van der Waals surface area contributed by atoms with Crippen molar-refractivity contribution in [1.82, 2.24) is 10.3 Å². The molecule has 0 radical (unpaired) electrons. The van der Waals surface area contributed by atoms with Gasteiger partial charge in [0, 0.05) is 31.2 Å². The molecule has 3 aromatic rings. The van der Waals surface area contributed by atoms with Crippen molar-refractivity contribution in [2.24, 2.45) is 0 Å². The second-order valence-electron chi connectivity index (χ2n) is 6.20. The lowest BCUT2D eigenvalue weighted by Crippen LogP contribution is -2.46. The number of fused-ring (bicyclic) bond motifs is 1. The third-order valence-electron chi connectivity index (χ3n) is 4.76. The highest BCUT2D eigenvalue weighted by molar-refractivity contribution is 5.87. The molecule has 1 aromatic heterocycles. The number of hydrogen-bond acceptors (Lipinski definition) is 5. The summed E-state index contributed by atoms with van der Waals surface area (Å²) in [4.78, 5) is 6.67. The molecular weight excluding hydrogens is 314 g/mol. The first-order valence-corrected chi connectivity index (χ1v) is 8.46. The van der Waals surface area contributed by atoms with E-state index >= 15 is 0 Å². The van der Waals surface area contributed by atoms with E-state index < -0.39 is 0 Å². The van der Waals surface area contributed by atoms with Crippen LogP contribution in [-0.2, 0) is 0 Å². The number of pyridine rings is 1. The third kappa shape index (κ3) is 2.87. The third-order valence-corrected chi connectivity index (χ3v) is 4.76. The maximum atomic E-state index is 10.1. The Morgan fingerprint density at radius 1 is 1.16 bits per heavy atom. The van der Waals surface area contributed by atoms with Gasteiger partial charge in [-0.3, -0.25) is 4.98 Å². The van der Waals surface area contributed by atoms with Gasteiger partial charge in [0.05, 0.1) is 18.8 Å². The maximum absolute atomic E-state index is 10.1. The van der Waals surface area contributed by atoms with E-state index in [1.165, 1.54) is 0 Å². The Labute approximate surface area is 146 Å². The largest absolute Gasteiger partial charge is 0.506 e. The molecule has 1 aliphatic rings. The Bertz CT molecular complexity index is 897. The molecule has 2 aromatic carbocycles. The van der Waals surface area contributed by atoms with E-state index in [1.54, 1.807) is 19.4 Å². The number of rotatable bonds is 3. The summed E-state index contributed by atoms with van der Waals surface area (Å²) in [5.41, 5.74) is 2.91. The number of nitrogens with one attached hydrogen (secondary N) is 1. The van der Waals surface area contributed by atoms with Crippen molar-refractivity contribution < 1.29 is 9.84 Å². The number of benzene rings is 2. The van der Waals surface area contributed by atoms with Gasteiger partial charge < -0.3 is 20.1 Å². The first-order valence-electron chi connectivity index (χ1n) is 8.46. The Balaban J connectivity index is 1.70. The van der Waals surface area contributed by atoms with Crippen LogP contribution in [0.2, 0.25) is 0 Å². The molecule has 5 heteroatoms. The first kappa shape index (κ1) is 15.7. The van der Waals surface area contributed by atoms with Crippen molar-refractivity contribution in [3.63, 3.8) is 0 Å². The van der Waals surface area contributed by atoms with Crippen LogP contribution < -0.4 is 15.0 Å². The number of para-hydroxylation sites is 2. The molecule has 1 aliphatic heterocycles. The molecule has 0 bridgehead atoms. The number of phenolic OH excluding ortho intramolecular Hbond substituents is 1. The number of aromatic hydroxyl groups is 1. The average Bonchev–Trinajstić information content (AvgIpc) is 2.68. The molecule has 4 rings (SSSR count). The molecule has 0 amide bonds. The van der Waals surface area contributed by atoms with Crippen molar-refractivity contribution in [2.45, 2.75) is 6.04 Å². The summed E-state index contributed by atoms with van der Waals surface area (Å²) in [6.07, 6.45) is 1.71. The first-order chi connectivity index (χ1) is 12.3. The molecule has 25 heavy (non-hydrogen) atoms. The van der Waals surface area contributed by atoms with Crippen molar-refractivity contribution in [3.05, 3.63) is 60.3 Å². The van der Waals surface area contributed by atoms with Gasteiger partial charge in [0.15, 0.2) is 0 Å². The zero-order valence-electron chi connectivity index (χ0n) is 14.1. The number of aromatic nitrogens is 1. The minimum atomic E-state index is 0.158. The number of methoxy groups -OCH3 is 1. The number of nitrogens with zero attached hydrogens (tertiary/aromatic N) is 2. The molecule has 0 spiro atoms. The van der Waals surface area contributed by atoms with Gasteiger partial charge in [-0.05, 0) is 29.8 Å². The molecule has 1 unspecified atom stereocenters. The molecule has 0 saturated carbocycles. The van der Waals surface area contributed by atoms with Crippen LogP contribution in [-0.4, -0.2) is 36.8 Å². The number of piperazine rings is 1. The Hall–Kier alpha value is -2.79. The van der Waals surface area contributed by atoms with Gasteiger partial charge in [-0.1, -0.05) is 24.3 Å². The summed E-state index contributed by atoms with van der Waals surface area (Å²) in [5.74, 6) is 1.11. The quantitative estimate of drug-likeness (QED) is 0.770. The van der Waals surface area contributed by atoms with Gasteiger partial charge in [-0.2, -0.15) is 0 Å². The van der Waals surface area contributed by atoms with Crippen LogP contribution in [0, 0.1) is 0 Å². The predicted octanol–water partition coefficient (Wildman–Crippen LogP) is 3.10. The van der Waals surface area contributed by atoms with E-state index in [0.29, 0.717) is 5.52 Å². The lowest BCUT2D eigenvalue weighted by Gasteiger charge is -2.36. The van der Waals surface area contributed by atoms with Gasteiger partial charge in [0.1, 0.15) is 17.0 Å². The summed E-state index contributed by atoms with van der Waals surface area (Å²) < 4.78 is 5.52. The molecule has 1 atom stereocenters. The van der Waals surface area contributed by atoms with Crippen molar-refractivity contribution in [2.75, 3.05) is 31.6 Å². The summed E-state index contributed by atoms with van der Waals surface area (Å²) >= 11 is 0. The van der Waals surface area contributed by atoms with Crippen molar-refractivity contribution >= 4 is 16.6 Å². The highest BCUT2D eigenvalue weighted by atomic mass is 16.5. The highest BCUT2D eigenvalue weighted by Crippen LogP contribution is 2.34. The standard InChI is InChI=1S/C20H21N3O2/c1-25-19-7-3-2-6-17(19)23-12-11-21-16(13-23)14-8-9-18(24)20-15(14)5-4-10-22-20/h2-10,16,21,24H,11-13H2,1H3. The maximum Gasteiger partial charge on any atom is 0.142 e. The fourth-order valence-corrected chi connectivity index (χ4v) is 3.55. The number of anilines is 1. The molecule has 2 N–H and O–H groups in total. The molecule has 2 heterocycles. The summed E-state index contributed by atoms with van der Waals surface area (Å²) in [7, 11) is 1.71. The normalized spacial score (nSPS) is 17.6. The molecule has 5 nitrogen and oxygen atoms in total. The minimum absolute atomic E-state index is 0.158. The van der Waals surface area contributed by atoms with Crippen LogP contribution in [0.25, 0.3) is 10.9 Å². The van der Waals surface area contributed by atoms with Crippen LogP contribution in [0.3, 0.4) is 0 Å². The molecule has 1 saturated heterocycles. The number of phenols is 1. The Kier molecular flexibility index (Phi) is 4.15. The highest BCUT2D eigenvalue weighted by Gasteiger charge is 2.24. The number of ether oxygens (including phenoxy) is 1. The minimum Gasteiger partial charge on any atom is -0.506 e. The van der Waals surface area contributed by atoms with E-state index in [-0.39, 0.29) is 11.8 Å². The zero-order chi connectivity index (χ0) is 17.2. The molecule has 1 fully saturated rings. The van der Waals surface area contributed by atoms with Gasteiger partial charge in [-0.15, -0.1) is 0 Å². The van der Waals surface area contributed by atoms with E-state index in [0.717, 1.165) is 42.0 Å². The van der Waals surface area contributed by atoms with Crippen molar-refractivity contribution in [3.8, 4) is 11.5 Å². The number of hydrogen-bond donors (Lipinski definition) is 2. The van der Waals surface area contributed by atoms with Crippen LogP contribution in [0.1, 0.15) is 11.6 Å². The summed E-state index contributed by atoms with van der Waals surface area (Å²) in [6, 6.07) is 15.9. The van der Waals surface area contributed by atoms with Crippen LogP contribution >= 0.6 is 0 Å². The lowest BCUT2D eigenvalue weighted by atomic mass is 9.98. The monoisotopic (exact) mass is 335 g/mol. The van der Waals surface area contributed by atoms with E-state index in [4.69, 9.17) is 4.74 Å². The lowest BCUT2D eigenvalue weighted by molar-refractivity contribution is 0.409. The van der Waals surface area contributed by atoms with Gasteiger partial charge >= 0.3 is 0 Å². The summed E-state index contributed by atoms with van der Waals surface area (Å²) in [5, 5.41) is 14.7. The SMILES string of the molecule is COc1ccccc1N1CCNC(c2ccc(O)c3ncccc23)C1. The van der Waals surface area contributed by atoms with Crippen LogP contribution in [0.5, 0.6) is 11.5 Å². The zero-order valence-corrected chi connectivity index (χ0v) is 14.1. The van der Waals surface area contributed by atoms with E-state index in [9.17, 15) is 5.11 Å². The molecule has 0 aliphatic carbocycles. The van der Waals surface area contributed by atoms with Gasteiger partial charge in [0.2, 0.25) is 0 Å². The van der Waals surface area contributed by atoms with Crippen molar-refractivity contribution in [1.29, 1.82) is 0 Å². The fourth-order valence-electron chi connectivity index (χ4n) is 3.55. The van der Waals surface area contributed by atoms with Gasteiger partial charge in [0.25, 0.3) is 0 Å². The topological polar surface area (TPSA) is 57.6 Å². The van der Waals surface area contributed by atoms with E-state index in [2.05, 4.69) is 21.3 Å². The Morgan fingerprint density at radius 2 is 2.04 bits per heavy atom. The predicted molar refractivity (Wildman–Crippen MR) is 99.4 cm³/mol. The summed E-state index contributed by atoms with van der Waals surface area (Å²) in [6.45, 7) is 2.63. The van der Waals surface area contributed by atoms with Gasteiger partial charge in [-0.25, -0.2) is 0 Å². The fraction of sp³-hybridized carbons (Fsp3) is 0.250. The molecular formula is C20H21N3O2. The van der Waals surface area contributed by atoms with Crippen LogP contribution in [0.4, 0.5) is 5.69 Å². The average molecular weight is 335 g/mol. The molecule has 128 valence electrons. The second-order valence-corrected chi connectivity index (χ2v) is 6.20. The van der Waals surface area contributed by atoms with Crippen LogP contribution in [0.15, 0.2) is 54.7 Å². The second kappa shape index (κ2) is 6.61.